The van der Waals surface area contributed by atoms with Crippen molar-refractivity contribution in [1.29, 1.82) is 0 Å². The highest BCUT2D eigenvalue weighted by Gasteiger charge is 2.25. The first-order chi connectivity index (χ1) is 11.0. The van der Waals surface area contributed by atoms with Gasteiger partial charge in [-0.3, -0.25) is 14.9 Å². The smallest absolute Gasteiger partial charge is 0.292 e. The number of benzene rings is 2. The monoisotopic (exact) mass is 375 g/mol. The number of anilines is 2. The van der Waals surface area contributed by atoms with Crippen LogP contribution in [0.3, 0.4) is 0 Å². The van der Waals surface area contributed by atoms with Crippen molar-refractivity contribution < 1.29 is 9.72 Å². The summed E-state index contributed by atoms with van der Waals surface area (Å²) in [5, 5.41) is 17.1. The lowest BCUT2D eigenvalue weighted by Crippen LogP contribution is -2.26. The fourth-order valence-corrected chi connectivity index (χ4v) is 3.09. The maximum Gasteiger partial charge on any atom is 0.292 e. The summed E-state index contributed by atoms with van der Waals surface area (Å²) in [6, 6.07) is 12.4. The van der Waals surface area contributed by atoms with E-state index in [1.54, 1.807) is 12.1 Å². The Bertz CT molecular complexity index is 779. The van der Waals surface area contributed by atoms with Crippen LogP contribution in [0.1, 0.15) is 17.9 Å². The highest BCUT2D eigenvalue weighted by Crippen LogP contribution is 2.33. The van der Waals surface area contributed by atoms with Crippen LogP contribution in [0.4, 0.5) is 17.1 Å². The molecule has 6 nitrogen and oxygen atoms in total. The number of rotatable bonds is 4. The highest BCUT2D eigenvalue weighted by molar-refractivity contribution is 9.10. The van der Waals surface area contributed by atoms with Crippen LogP contribution in [0.15, 0.2) is 46.9 Å². The Labute approximate surface area is 141 Å². The number of hydrogen-bond donors (Lipinski definition) is 2. The summed E-state index contributed by atoms with van der Waals surface area (Å²) in [4.78, 5) is 22.5. The Morgan fingerprint density at radius 1 is 1.30 bits per heavy atom. The molecule has 1 aliphatic heterocycles. The van der Waals surface area contributed by atoms with Crippen molar-refractivity contribution in [1.82, 2.24) is 0 Å². The molecule has 3 rings (SSSR count). The van der Waals surface area contributed by atoms with E-state index in [1.807, 2.05) is 24.3 Å². The number of amides is 1. The maximum atomic E-state index is 11.8. The summed E-state index contributed by atoms with van der Waals surface area (Å²) in [6.07, 6.45) is 0.353. The van der Waals surface area contributed by atoms with Gasteiger partial charge in [-0.15, -0.1) is 0 Å². The predicted molar refractivity (Wildman–Crippen MR) is 91.7 cm³/mol. The van der Waals surface area contributed by atoms with Crippen molar-refractivity contribution >= 4 is 38.9 Å². The molecule has 0 saturated carbocycles. The van der Waals surface area contributed by atoms with Gasteiger partial charge in [-0.05, 0) is 23.8 Å². The van der Waals surface area contributed by atoms with Gasteiger partial charge in [0.1, 0.15) is 5.69 Å². The average Bonchev–Trinajstić information content (AvgIpc) is 2.52. The van der Waals surface area contributed by atoms with Crippen molar-refractivity contribution in [3.63, 3.8) is 0 Å². The topological polar surface area (TPSA) is 84.3 Å². The second-order valence-electron chi connectivity index (χ2n) is 5.34. The van der Waals surface area contributed by atoms with Crippen LogP contribution in [0.2, 0.25) is 0 Å². The molecule has 23 heavy (non-hydrogen) atoms. The van der Waals surface area contributed by atoms with E-state index in [0.29, 0.717) is 18.7 Å². The molecule has 1 atom stereocenters. The summed E-state index contributed by atoms with van der Waals surface area (Å²) in [5.74, 6) is -0.0715. The lowest BCUT2D eigenvalue weighted by atomic mass is 9.90. The quantitative estimate of drug-likeness (QED) is 0.626. The number of para-hydroxylation sites is 1. The molecular formula is C16H14BrN3O3. The van der Waals surface area contributed by atoms with Crippen LogP contribution in [0, 0.1) is 10.1 Å². The third-order valence-electron chi connectivity index (χ3n) is 3.80. The second-order valence-corrected chi connectivity index (χ2v) is 6.25. The summed E-state index contributed by atoms with van der Waals surface area (Å²) < 4.78 is 0.757. The molecule has 1 amide bonds. The molecule has 0 bridgehead atoms. The third-order valence-corrected chi connectivity index (χ3v) is 4.29. The molecule has 0 aromatic heterocycles. The zero-order chi connectivity index (χ0) is 16.4. The molecule has 7 heteroatoms. The normalized spacial score (nSPS) is 16.4. The van der Waals surface area contributed by atoms with Gasteiger partial charge in [-0.2, -0.15) is 0 Å². The first kappa shape index (κ1) is 15.5. The Morgan fingerprint density at radius 2 is 2.09 bits per heavy atom. The van der Waals surface area contributed by atoms with Crippen LogP contribution >= 0.6 is 15.9 Å². The van der Waals surface area contributed by atoms with Crippen LogP contribution in [0.25, 0.3) is 0 Å². The maximum absolute atomic E-state index is 11.8. The number of nitrogens with zero attached hydrogens (tertiary/aromatic N) is 1. The van der Waals surface area contributed by atoms with Gasteiger partial charge in [0.05, 0.1) is 4.92 Å². The zero-order valence-electron chi connectivity index (χ0n) is 12.1. The Hall–Kier alpha value is -2.41. The van der Waals surface area contributed by atoms with Crippen molar-refractivity contribution in [2.45, 2.75) is 12.3 Å². The minimum absolute atomic E-state index is 0.0155. The van der Waals surface area contributed by atoms with E-state index in [1.165, 1.54) is 6.07 Å². The van der Waals surface area contributed by atoms with E-state index in [0.717, 1.165) is 15.7 Å². The first-order valence-corrected chi connectivity index (χ1v) is 7.90. The molecule has 118 valence electrons. The second kappa shape index (κ2) is 6.37. The van der Waals surface area contributed by atoms with E-state index >= 15 is 0 Å². The fraction of sp³-hybridized carbons (Fsp3) is 0.188. The Balaban J connectivity index is 1.83. The number of carbonyl (C=O) groups excluding carboxylic acids is 1. The molecule has 2 aromatic carbocycles. The van der Waals surface area contributed by atoms with Crippen LogP contribution in [0.5, 0.6) is 0 Å². The summed E-state index contributed by atoms with van der Waals surface area (Å²) in [6.45, 7) is 0.446. The molecular weight excluding hydrogens is 362 g/mol. The predicted octanol–water partition coefficient (Wildman–Crippen LogP) is 3.90. The first-order valence-electron chi connectivity index (χ1n) is 7.11. The molecule has 0 aliphatic carbocycles. The van der Waals surface area contributed by atoms with E-state index in [2.05, 4.69) is 26.6 Å². The lowest BCUT2D eigenvalue weighted by molar-refractivity contribution is -0.384. The summed E-state index contributed by atoms with van der Waals surface area (Å²) >= 11 is 3.32. The molecule has 1 unspecified atom stereocenters. The van der Waals surface area contributed by atoms with E-state index in [9.17, 15) is 14.9 Å². The summed E-state index contributed by atoms with van der Waals surface area (Å²) in [5.41, 5.74) is 2.30. The molecule has 0 saturated heterocycles. The van der Waals surface area contributed by atoms with Crippen LogP contribution < -0.4 is 10.6 Å². The Morgan fingerprint density at radius 3 is 2.87 bits per heavy atom. The van der Waals surface area contributed by atoms with Crippen LogP contribution in [-0.2, 0) is 4.79 Å². The standard InChI is InChI=1S/C16H14BrN3O3/c17-11-5-6-15(20(22)23)14(8-11)18-9-10-7-16(21)19-13-4-2-1-3-12(10)13/h1-6,8,10,18H,7,9H2,(H,19,21). The van der Waals surface area contributed by atoms with Crippen molar-refractivity contribution in [3.05, 3.63) is 62.6 Å². The number of nitrogens with one attached hydrogen (secondary N) is 2. The minimum atomic E-state index is -0.420. The van der Waals surface area contributed by atoms with Gasteiger partial charge >= 0.3 is 0 Å². The minimum Gasteiger partial charge on any atom is -0.379 e. The molecule has 1 aliphatic rings. The molecule has 0 fully saturated rings. The third kappa shape index (κ3) is 3.34. The van der Waals surface area contributed by atoms with Gasteiger partial charge in [0.15, 0.2) is 0 Å². The van der Waals surface area contributed by atoms with Gasteiger partial charge in [0.2, 0.25) is 5.91 Å². The molecule has 1 heterocycles. The zero-order valence-corrected chi connectivity index (χ0v) is 13.7. The SMILES string of the molecule is O=C1CC(CNc2cc(Br)ccc2[N+](=O)[O-])c2ccccc2N1. The van der Waals surface area contributed by atoms with Crippen molar-refractivity contribution in [2.24, 2.45) is 0 Å². The molecule has 0 spiro atoms. The van der Waals surface area contributed by atoms with E-state index < -0.39 is 4.92 Å². The van der Waals surface area contributed by atoms with Crippen LogP contribution in [-0.4, -0.2) is 17.4 Å². The average molecular weight is 376 g/mol. The number of nitro benzene ring substituents is 1. The van der Waals surface area contributed by atoms with Gasteiger partial charge in [0, 0.05) is 35.1 Å². The van der Waals surface area contributed by atoms with E-state index in [-0.39, 0.29) is 17.5 Å². The largest absolute Gasteiger partial charge is 0.379 e. The van der Waals surface area contributed by atoms with Gasteiger partial charge in [0.25, 0.3) is 5.69 Å². The molecule has 2 N–H and O–H groups in total. The molecule has 0 radical (unpaired) electrons. The summed E-state index contributed by atoms with van der Waals surface area (Å²) in [7, 11) is 0. The van der Waals surface area contributed by atoms with Crippen molar-refractivity contribution in [3.8, 4) is 0 Å². The number of halogens is 1. The fourth-order valence-electron chi connectivity index (χ4n) is 2.73. The number of hydrogen-bond acceptors (Lipinski definition) is 4. The van der Waals surface area contributed by atoms with Gasteiger partial charge in [-0.1, -0.05) is 34.1 Å². The number of fused-ring (bicyclic) bond motifs is 1. The highest BCUT2D eigenvalue weighted by atomic mass is 79.9. The van der Waals surface area contributed by atoms with E-state index in [4.69, 9.17) is 0 Å². The number of nitro groups is 1. The van der Waals surface area contributed by atoms with Gasteiger partial charge in [-0.25, -0.2) is 0 Å². The van der Waals surface area contributed by atoms with Gasteiger partial charge < -0.3 is 10.6 Å². The molecule has 2 aromatic rings. The number of carbonyl (C=O) groups is 1. The Kier molecular flexibility index (Phi) is 4.29. The van der Waals surface area contributed by atoms with Crippen molar-refractivity contribution in [2.75, 3.05) is 17.2 Å². The lowest BCUT2D eigenvalue weighted by Gasteiger charge is -2.26.